The summed E-state index contributed by atoms with van der Waals surface area (Å²) >= 11 is 0. The maximum atomic E-state index is 11.8. The Labute approximate surface area is 110 Å². The average molecular weight is 274 g/mol. The van der Waals surface area contributed by atoms with Crippen LogP contribution in [0.3, 0.4) is 0 Å². The van der Waals surface area contributed by atoms with Crippen LogP contribution >= 0.6 is 0 Å². The van der Waals surface area contributed by atoms with Crippen molar-refractivity contribution in [3.63, 3.8) is 0 Å². The van der Waals surface area contributed by atoms with Gasteiger partial charge in [-0.15, -0.1) is 0 Å². The normalized spacial score (nSPS) is 21.8. The number of ether oxygens (including phenoxy) is 2. The zero-order valence-electron chi connectivity index (χ0n) is 10.9. The van der Waals surface area contributed by atoms with Crippen LogP contribution in [0.1, 0.15) is 6.42 Å². The second-order valence-electron chi connectivity index (χ2n) is 4.22. The molecule has 1 rings (SSSR count). The van der Waals surface area contributed by atoms with Crippen molar-refractivity contribution in [1.82, 2.24) is 10.2 Å². The molecule has 0 spiro atoms. The average Bonchev–Trinajstić information content (AvgIpc) is 2.86. The van der Waals surface area contributed by atoms with Gasteiger partial charge >= 0.3 is 18.0 Å². The van der Waals surface area contributed by atoms with Crippen molar-refractivity contribution in [1.29, 1.82) is 0 Å². The van der Waals surface area contributed by atoms with Gasteiger partial charge in [0.25, 0.3) is 0 Å². The minimum atomic E-state index is -0.989. The van der Waals surface area contributed by atoms with Crippen molar-refractivity contribution in [3.05, 3.63) is 0 Å². The molecule has 0 radical (unpaired) electrons. The highest BCUT2D eigenvalue weighted by Gasteiger charge is 2.38. The van der Waals surface area contributed by atoms with Crippen LogP contribution in [0.4, 0.5) is 4.79 Å². The molecule has 0 aromatic heterocycles. The van der Waals surface area contributed by atoms with Gasteiger partial charge in [0.05, 0.1) is 32.8 Å². The summed E-state index contributed by atoms with van der Waals surface area (Å²) in [5, 5.41) is 11.5. The van der Waals surface area contributed by atoms with Crippen molar-refractivity contribution in [2.75, 3.05) is 33.9 Å². The van der Waals surface area contributed by atoms with E-state index in [2.05, 4.69) is 10.1 Å². The Morgan fingerprint density at radius 3 is 2.68 bits per heavy atom. The van der Waals surface area contributed by atoms with Gasteiger partial charge in [-0.05, 0) is 0 Å². The Bertz CT molecular complexity index is 359. The molecule has 0 aromatic rings. The first-order valence-electron chi connectivity index (χ1n) is 5.85. The topological polar surface area (TPSA) is 105 Å². The summed E-state index contributed by atoms with van der Waals surface area (Å²) in [6, 6.07) is -0.943. The summed E-state index contributed by atoms with van der Waals surface area (Å²) in [5.41, 5.74) is 0. The van der Waals surface area contributed by atoms with Gasteiger partial charge in [-0.2, -0.15) is 0 Å². The molecule has 1 fully saturated rings. The minimum Gasteiger partial charge on any atom is -0.481 e. The fraction of sp³-hybridized carbons (Fsp3) is 0.727. The molecule has 19 heavy (non-hydrogen) atoms. The maximum Gasteiger partial charge on any atom is 0.317 e. The molecule has 2 N–H and O–H groups in total. The van der Waals surface area contributed by atoms with Crippen LogP contribution < -0.4 is 5.32 Å². The minimum absolute atomic E-state index is 0.0691. The standard InChI is InChI=1S/C11H18N2O6/c1-13(8-6-19-5-7(8)10(15)16)11(17)12-4-3-9(14)18-2/h7-8H,3-6H2,1-2H3,(H,12,17)(H,15,16). The van der Waals surface area contributed by atoms with E-state index in [1.807, 2.05) is 0 Å². The van der Waals surface area contributed by atoms with Crippen LogP contribution in [-0.4, -0.2) is 67.9 Å². The lowest BCUT2D eigenvalue weighted by Gasteiger charge is -2.26. The number of hydrogen-bond donors (Lipinski definition) is 2. The molecule has 1 aliphatic heterocycles. The van der Waals surface area contributed by atoms with Gasteiger partial charge < -0.3 is 24.8 Å². The monoisotopic (exact) mass is 274 g/mol. The van der Waals surface area contributed by atoms with E-state index in [4.69, 9.17) is 9.84 Å². The summed E-state index contributed by atoms with van der Waals surface area (Å²) < 4.78 is 9.53. The van der Waals surface area contributed by atoms with Gasteiger partial charge in [-0.3, -0.25) is 9.59 Å². The SMILES string of the molecule is COC(=O)CCNC(=O)N(C)C1COCC1C(=O)O. The van der Waals surface area contributed by atoms with Crippen molar-refractivity contribution >= 4 is 18.0 Å². The van der Waals surface area contributed by atoms with Gasteiger partial charge in [-0.25, -0.2) is 4.79 Å². The molecule has 0 saturated carbocycles. The van der Waals surface area contributed by atoms with Crippen LogP contribution in [0, 0.1) is 5.92 Å². The number of aliphatic carboxylic acids is 1. The molecular formula is C11H18N2O6. The molecule has 0 aliphatic carbocycles. The Hall–Kier alpha value is -1.83. The third-order valence-electron chi connectivity index (χ3n) is 3.02. The van der Waals surface area contributed by atoms with E-state index in [-0.39, 0.29) is 26.2 Å². The number of carbonyl (C=O) groups is 3. The van der Waals surface area contributed by atoms with Crippen molar-refractivity contribution in [2.45, 2.75) is 12.5 Å². The van der Waals surface area contributed by atoms with Gasteiger partial charge in [0.15, 0.2) is 0 Å². The van der Waals surface area contributed by atoms with Crippen LogP contribution in [0.5, 0.6) is 0 Å². The molecule has 1 aliphatic rings. The highest BCUT2D eigenvalue weighted by molar-refractivity contribution is 5.77. The molecule has 1 heterocycles. The number of rotatable bonds is 5. The van der Waals surface area contributed by atoms with E-state index in [1.54, 1.807) is 0 Å². The fourth-order valence-corrected chi connectivity index (χ4v) is 1.81. The van der Waals surface area contributed by atoms with Crippen molar-refractivity contribution in [2.24, 2.45) is 5.92 Å². The van der Waals surface area contributed by atoms with E-state index < -0.39 is 29.9 Å². The predicted molar refractivity (Wildman–Crippen MR) is 63.5 cm³/mol. The maximum absolute atomic E-state index is 11.8. The molecule has 0 aromatic carbocycles. The highest BCUT2D eigenvalue weighted by atomic mass is 16.5. The van der Waals surface area contributed by atoms with Gasteiger partial charge in [0, 0.05) is 13.6 Å². The van der Waals surface area contributed by atoms with E-state index in [0.29, 0.717) is 0 Å². The van der Waals surface area contributed by atoms with Crippen molar-refractivity contribution in [3.8, 4) is 0 Å². The number of nitrogens with zero attached hydrogens (tertiary/aromatic N) is 1. The van der Waals surface area contributed by atoms with E-state index in [0.717, 1.165) is 0 Å². The lowest BCUT2D eigenvalue weighted by atomic mass is 10.0. The van der Waals surface area contributed by atoms with E-state index >= 15 is 0 Å². The molecule has 2 unspecified atom stereocenters. The Morgan fingerprint density at radius 1 is 1.42 bits per heavy atom. The summed E-state index contributed by atoms with van der Waals surface area (Å²) in [6.45, 7) is 0.429. The van der Waals surface area contributed by atoms with Gasteiger partial charge in [0.1, 0.15) is 5.92 Å². The first kappa shape index (κ1) is 15.2. The first-order chi connectivity index (χ1) is 8.97. The zero-order chi connectivity index (χ0) is 14.4. The Kier molecular flexibility index (Phi) is 5.56. The molecule has 8 heteroatoms. The number of hydrogen-bond acceptors (Lipinski definition) is 5. The molecule has 1 saturated heterocycles. The molecule has 2 atom stereocenters. The summed E-state index contributed by atoms with van der Waals surface area (Å²) in [4.78, 5) is 34.9. The van der Waals surface area contributed by atoms with Gasteiger partial charge in [0.2, 0.25) is 0 Å². The molecule has 0 bridgehead atoms. The summed E-state index contributed by atoms with van der Waals surface area (Å²) in [6.07, 6.45) is 0.0691. The van der Waals surface area contributed by atoms with Crippen LogP contribution in [0.15, 0.2) is 0 Å². The smallest absolute Gasteiger partial charge is 0.317 e. The first-order valence-corrected chi connectivity index (χ1v) is 5.85. The number of urea groups is 1. The third-order valence-corrected chi connectivity index (χ3v) is 3.02. The Morgan fingerprint density at radius 2 is 2.11 bits per heavy atom. The number of esters is 1. The second kappa shape index (κ2) is 6.93. The summed E-state index contributed by atoms with van der Waals surface area (Å²) in [5.74, 6) is -2.14. The third kappa shape index (κ3) is 4.09. The lowest BCUT2D eigenvalue weighted by molar-refractivity contribution is -0.143. The van der Waals surface area contributed by atoms with Gasteiger partial charge in [-0.1, -0.05) is 0 Å². The number of nitrogens with one attached hydrogen (secondary N) is 1. The summed E-state index contributed by atoms with van der Waals surface area (Å²) in [7, 11) is 2.77. The van der Waals surface area contributed by atoms with Crippen LogP contribution in [0.2, 0.25) is 0 Å². The molecule has 108 valence electrons. The number of carboxylic acid groups (broad SMARTS) is 1. The fourth-order valence-electron chi connectivity index (χ4n) is 1.81. The van der Waals surface area contributed by atoms with Crippen LogP contribution in [0.25, 0.3) is 0 Å². The number of methoxy groups -OCH3 is 1. The quantitative estimate of drug-likeness (QED) is 0.642. The molecule has 8 nitrogen and oxygen atoms in total. The number of carboxylic acids is 1. The number of carbonyl (C=O) groups excluding carboxylic acids is 2. The number of likely N-dealkylation sites (N-methyl/N-ethyl adjacent to an activating group) is 1. The number of amides is 2. The second-order valence-corrected chi connectivity index (χ2v) is 4.22. The van der Waals surface area contributed by atoms with Crippen LogP contribution in [-0.2, 0) is 19.1 Å². The lowest BCUT2D eigenvalue weighted by Crippen LogP contribution is -2.48. The van der Waals surface area contributed by atoms with E-state index in [1.165, 1.54) is 19.1 Å². The largest absolute Gasteiger partial charge is 0.481 e. The van der Waals surface area contributed by atoms with E-state index in [9.17, 15) is 14.4 Å². The molecule has 2 amide bonds. The Balaban J connectivity index is 2.43. The zero-order valence-corrected chi connectivity index (χ0v) is 10.9. The predicted octanol–water partition coefficient (Wildman–Crippen LogP) is -0.709. The highest BCUT2D eigenvalue weighted by Crippen LogP contribution is 2.18. The van der Waals surface area contributed by atoms with Crippen molar-refractivity contribution < 1.29 is 29.0 Å². The molecular weight excluding hydrogens is 256 g/mol.